The van der Waals surface area contributed by atoms with Crippen LogP contribution in [-0.2, 0) is 16.6 Å². The Labute approximate surface area is 144 Å². The van der Waals surface area contributed by atoms with E-state index in [9.17, 15) is 8.42 Å². The smallest absolute Gasteiger partial charge is 0.268 e. The maximum atomic E-state index is 13.2. The first kappa shape index (κ1) is 16.3. The number of hydrogen-bond acceptors (Lipinski definition) is 4. The minimum Gasteiger partial charge on any atom is -0.495 e. The van der Waals surface area contributed by atoms with Gasteiger partial charge in [-0.25, -0.2) is 8.42 Å². The topological polar surface area (TPSA) is 58.6 Å². The van der Waals surface area contributed by atoms with Crippen LogP contribution in [0.25, 0.3) is 0 Å². The standard InChI is InChI=1S/C16H17BrN2O3S/c1-22-15-7-6-13(17)10-16(15)23(20,21)19-9-8-18-11-12-4-2-3-5-14(12)19/h2-7,10,18H,8-9,11H2,1H3. The van der Waals surface area contributed by atoms with Crippen molar-refractivity contribution in [3.05, 3.63) is 52.5 Å². The molecule has 0 bridgehead atoms. The number of ether oxygens (including phenoxy) is 1. The lowest BCUT2D eigenvalue weighted by Crippen LogP contribution is -2.35. The Morgan fingerprint density at radius 1 is 1.22 bits per heavy atom. The highest BCUT2D eigenvalue weighted by Crippen LogP contribution is 2.34. The summed E-state index contributed by atoms with van der Waals surface area (Å²) in [7, 11) is -2.25. The largest absolute Gasteiger partial charge is 0.495 e. The molecule has 1 aliphatic heterocycles. The molecule has 122 valence electrons. The van der Waals surface area contributed by atoms with Gasteiger partial charge in [-0.15, -0.1) is 0 Å². The molecule has 0 radical (unpaired) electrons. The molecule has 1 heterocycles. The molecule has 0 unspecified atom stereocenters. The van der Waals surface area contributed by atoms with Gasteiger partial charge in [0.25, 0.3) is 10.0 Å². The van der Waals surface area contributed by atoms with Crippen molar-refractivity contribution in [2.24, 2.45) is 0 Å². The van der Waals surface area contributed by atoms with Gasteiger partial charge in [0.15, 0.2) is 0 Å². The Morgan fingerprint density at radius 3 is 2.78 bits per heavy atom. The zero-order valence-corrected chi connectivity index (χ0v) is 15.0. The third-order valence-corrected chi connectivity index (χ3v) is 6.09. The van der Waals surface area contributed by atoms with Gasteiger partial charge in [-0.3, -0.25) is 4.31 Å². The Morgan fingerprint density at radius 2 is 2.00 bits per heavy atom. The first-order chi connectivity index (χ1) is 11.0. The predicted molar refractivity (Wildman–Crippen MR) is 93.4 cm³/mol. The number of nitrogens with one attached hydrogen (secondary N) is 1. The third kappa shape index (κ3) is 3.08. The van der Waals surface area contributed by atoms with Crippen LogP contribution in [0.4, 0.5) is 5.69 Å². The summed E-state index contributed by atoms with van der Waals surface area (Å²) in [6.45, 7) is 1.61. The molecule has 23 heavy (non-hydrogen) atoms. The summed E-state index contributed by atoms with van der Waals surface area (Å²) in [5.41, 5.74) is 1.67. The fourth-order valence-corrected chi connectivity index (χ4v) is 4.85. The maximum absolute atomic E-state index is 13.2. The molecular weight excluding hydrogens is 380 g/mol. The fourth-order valence-electron chi connectivity index (χ4n) is 2.65. The molecule has 7 heteroatoms. The van der Waals surface area contributed by atoms with E-state index in [2.05, 4.69) is 21.2 Å². The Bertz CT molecular complexity index is 824. The summed E-state index contributed by atoms with van der Waals surface area (Å²) in [6, 6.07) is 12.5. The van der Waals surface area contributed by atoms with Gasteiger partial charge in [0.1, 0.15) is 10.6 Å². The second-order valence-electron chi connectivity index (χ2n) is 5.18. The number of benzene rings is 2. The van der Waals surface area contributed by atoms with Crippen molar-refractivity contribution in [3.8, 4) is 5.75 Å². The number of hydrogen-bond donors (Lipinski definition) is 1. The van der Waals surface area contributed by atoms with Gasteiger partial charge in [0.2, 0.25) is 0 Å². The van der Waals surface area contributed by atoms with Crippen LogP contribution in [-0.4, -0.2) is 28.6 Å². The monoisotopic (exact) mass is 396 g/mol. The average Bonchev–Trinajstić information content (AvgIpc) is 2.77. The van der Waals surface area contributed by atoms with Crippen LogP contribution in [0, 0.1) is 0 Å². The highest BCUT2D eigenvalue weighted by molar-refractivity contribution is 9.10. The summed E-state index contributed by atoms with van der Waals surface area (Å²) in [6.07, 6.45) is 0. The highest BCUT2D eigenvalue weighted by Gasteiger charge is 2.30. The van der Waals surface area contributed by atoms with Crippen molar-refractivity contribution in [2.45, 2.75) is 11.4 Å². The van der Waals surface area contributed by atoms with E-state index in [0.29, 0.717) is 35.5 Å². The van der Waals surface area contributed by atoms with Crippen molar-refractivity contribution in [1.82, 2.24) is 5.32 Å². The lowest BCUT2D eigenvalue weighted by molar-refractivity contribution is 0.402. The van der Waals surface area contributed by atoms with Gasteiger partial charge < -0.3 is 10.1 Å². The van der Waals surface area contributed by atoms with E-state index >= 15 is 0 Å². The SMILES string of the molecule is COc1ccc(Br)cc1S(=O)(=O)N1CCNCc2ccccc21. The molecule has 2 aromatic carbocycles. The molecule has 2 aromatic rings. The van der Waals surface area contributed by atoms with Crippen LogP contribution < -0.4 is 14.4 Å². The molecule has 0 saturated heterocycles. The Hall–Kier alpha value is -1.57. The number of methoxy groups -OCH3 is 1. The lowest BCUT2D eigenvalue weighted by atomic mass is 10.2. The average molecular weight is 397 g/mol. The van der Waals surface area contributed by atoms with E-state index in [4.69, 9.17) is 4.74 Å². The number of para-hydroxylation sites is 1. The summed E-state index contributed by atoms with van der Waals surface area (Å²) in [4.78, 5) is 0.158. The van der Waals surface area contributed by atoms with Crippen LogP contribution in [0.1, 0.15) is 5.56 Å². The number of fused-ring (bicyclic) bond motifs is 1. The van der Waals surface area contributed by atoms with E-state index in [1.54, 1.807) is 18.2 Å². The Balaban J connectivity index is 2.15. The van der Waals surface area contributed by atoms with Gasteiger partial charge in [0.05, 0.1) is 12.8 Å². The summed E-state index contributed by atoms with van der Waals surface area (Å²) < 4.78 is 33.9. The zero-order valence-electron chi connectivity index (χ0n) is 12.6. The zero-order chi connectivity index (χ0) is 16.4. The third-order valence-electron chi connectivity index (χ3n) is 3.76. The molecule has 0 saturated carbocycles. The minimum atomic E-state index is -3.73. The van der Waals surface area contributed by atoms with Crippen LogP contribution in [0.5, 0.6) is 5.75 Å². The van der Waals surface area contributed by atoms with E-state index in [-0.39, 0.29) is 4.90 Å². The number of halogens is 1. The van der Waals surface area contributed by atoms with Crippen LogP contribution in [0.2, 0.25) is 0 Å². The lowest BCUT2D eigenvalue weighted by Gasteiger charge is -2.25. The number of sulfonamides is 1. The molecule has 0 aliphatic carbocycles. The molecule has 0 amide bonds. The summed E-state index contributed by atoms with van der Waals surface area (Å²) in [5.74, 6) is 0.336. The molecule has 0 fully saturated rings. The fraction of sp³-hybridized carbons (Fsp3) is 0.250. The second kappa shape index (κ2) is 6.51. The second-order valence-corrected chi connectivity index (χ2v) is 7.92. The molecular formula is C16H17BrN2O3S. The van der Waals surface area contributed by atoms with E-state index in [0.717, 1.165) is 5.56 Å². The first-order valence-corrected chi connectivity index (χ1v) is 9.42. The van der Waals surface area contributed by atoms with Crippen LogP contribution in [0.3, 0.4) is 0 Å². The summed E-state index contributed by atoms with van der Waals surface area (Å²) in [5, 5.41) is 3.25. The van der Waals surface area contributed by atoms with Crippen molar-refractivity contribution in [1.29, 1.82) is 0 Å². The first-order valence-electron chi connectivity index (χ1n) is 7.19. The number of rotatable bonds is 3. The highest BCUT2D eigenvalue weighted by atomic mass is 79.9. The molecule has 5 nitrogen and oxygen atoms in total. The minimum absolute atomic E-state index is 0.158. The summed E-state index contributed by atoms with van der Waals surface area (Å²) >= 11 is 3.34. The van der Waals surface area contributed by atoms with Crippen LogP contribution in [0.15, 0.2) is 51.8 Å². The molecule has 0 spiro atoms. The molecule has 0 atom stereocenters. The van der Waals surface area contributed by atoms with Gasteiger partial charge in [-0.2, -0.15) is 0 Å². The van der Waals surface area contributed by atoms with E-state index in [1.807, 2.05) is 24.3 Å². The van der Waals surface area contributed by atoms with Crippen molar-refractivity contribution in [3.63, 3.8) is 0 Å². The van der Waals surface area contributed by atoms with Crippen molar-refractivity contribution >= 4 is 31.6 Å². The van der Waals surface area contributed by atoms with E-state index in [1.165, 1.54) is 11.4 Å². The van der Waals surface area contributed by atoms with Gasteiger partial charge in [-0.1, -0.05) is 34.1 Å². The quantitative estimate of drug-likeness (QED) is 0.866. The molecule has 1 N–H and O–H groups in total. The maximum Gasteiger partial charge on any atom is 0.268 e. The molecule has 3 rings (SSSR count). The van der Waals surface area contributed by atoms with Crippen molar-refractivity contribution in [2.75, 3.05) is 24.5 Å². The molecule has 0 aromatic heterocycles. The Kier molecular flexibility index (Phi) is 4.61. The van der Waals surface area contributed by atoms with Gasteiger partial charge in [0, 0.05) is 24.1 Å². The number of anilines is 1. The number of nitrogens with zero attached hydrogens (tertiary/aromatic N) is 1. The normalized spacial score (nSPS) is 15.0. The van der Waals surface area contributed by atoms with Gasteiger partial charge >= 0.3 is 0 Å². The predicted octanol–water partition coefficient (Wildman–Crippen LogP) is 2.76. The van der Waals surface area contributed by atoms with Crippen molar-refractivity contribution < 1.29 is 13.2 Å². The molecule has 1 aliphatic rings. The van der Waals surface area contributed by atoms with Crippen LogP contribution >= 0.6 is 15.9 Å². The van der Waals surface area contributed by atoms with E-state index < -0.39 is 10.0 Å². The van der Waals surface area contributed by atoms with Gasteiger partial charge in [-0.05, 0) is 29.8 Å².